The third kappa shape index (κ3) is 2.56. The van der Waals surface area contributed by atoms with Crippen LogP contribution >= 0.6 is 0 Å². The molecule has 0 spiro atoms. The van der Waals surface area contributed by atoms with Crippen LogP contribution in [-0.2, 0) is 28.9 Å². The van der Waals surface area contributed by atoms with E-state index in [4.69, 9.17) is 10.1 Å². The van der Waals surface area contributed by atoms with Crippen molar-refractivity contribution in [2.45, 2.75) is 39.7 Å². The van der Waals surface area contributed by atoms with Crippen LogP contribution in [0.4, 0.5) is 9.18 Å². The number of hydrogen-bond acceptors (Lipinski definition) is 4. The highest BCUT2D eigenvalue weighted by atomic mass is 19.1. The summed E-state index contributed by atoms with van der Waals surface area (Å²) >= 11 is 0. The second-order valence-corrected chi connectivity index (χ2v) is 8.15. The minimum atomic E-state index is -1.38. The molecule has 5 rings (SSSR count). The van der Waals surface area contributed by atoms with Gasteiger partial charge in [-0.1, -0.05) is 13.0 Å². The van der Waals surface area contributed by atoms with Gasteiger partial charge in [0.1, 0.15) is 12.4 Å². The molecule has 7 heteroatoms. The maximum Gasteiger partial charge on any atom is 0.505 e. The molecule has 2 unspecified atom stereocenters. The first-order chi connectivity index (χ1) is 13.9. The molecule has 0 fully saturated rings. The molecule has 0 saturated carbocycles. The van der Waals surface area contributed by atoms with Gasteiger partial charge in [0.15, 0.2) is 0 Å². The predicted octanol–water partition coefficient (Wildman–Crippen LogP) is 3.81. The average Bonchev–Trinajstić information content (AvgIpc) is 3.04. The van der Waals surface area contributed by atoms with E-state index in [1.165, 1.54) is 11.6 Å². The first kappa shape index (κ1) is 18.1. The molecule has 1 amide bonds. The standard InChI is InChI=1S/C22H21FN2O4/c1-10-6-18-20-14(8-25(18)21(26)15(10)9-29-22(27)28)13-5-3-4-12-11(2)16(23)7-17(24-20)19(12)13/h6-7,10,15H,3-5,8-9H2,1-2H3,(H,27,28). The number of pyridine rings is 1. The minimum absolute atomic E-state index is 0.149. The lowest BCUT2D eigenvalue weighted by molar-refractivity contribution is -0.135. The monoisotopic (exact) mass is 396 g/mol. The van der Waals surface area contributed by atoms with Gasteiger partial charge in [0.25, 0.3) is 0 Å². The lowest BCUT2D eigenvalue weighted by Crippen LogP contribution is -2.40. The minimum Gasteiger partial charge on any atom is -0.450 e. The van der Waals surface area contributed by atoms with Crippen LogP contribution in [0.2, 0.25) is 0 Å². The molecule has 0 saturated heterocycles. The van der Waals surface area contributed by atoms with Crippen molar-refractivity contribution in [2.24, 2.45) is 11.8 Å². The van der Waals surface area contributed by atoms with Crippen molar-refractivity contribution >= 4 is 28.7 Å². The number of halogens is 1. The number of amides is 1. The molecule has 0 bridgehead atoms. The van der Waals surface area contributed by atoms with Crippen LogP contribution in [0.3, 0.4) is 0 Å². The van der Waals surface area contributed by atoms with Crippen molar-refractivity contribution in [3.63, 3.8) is 0 Å². The zero-order chi connectivity index (χ0) is 20.4. The van der Waals surface area contributed by atoms with Gasteiger partial charge in [-0.25, -0.2) is 14.2 Å². The average molecular weight is 396 g/mol. The number of carboxylic acid groups (broad SMARTS) is 1. The number of carbonyl (C=O) groups is 2. The second-order valence-electron chi connectivity index (χ2n) is 8.15. The quantitative estimate of drug-likeness (QED) is 0.781. The summed E-state index contributed by atoms with van der Waals surface area (Å²) in [5, 5.41) is 9.84. The summed E-state index contributed by atoms with van der Waals surface area (Å²) in [5.74, 6) is -1.12. The number of ether oxygens (including phenoxy) is 1. The van der Waals surface area contributed by atoms with Gasteiger partial charge >= 0.3 is 6.16 Å². The van der Waals surface area contributed by atoms with Gasteiger partial charge in [-0.05, 0) is 48.8 Å². The fraction of sp³-hybridized carbons (Fsp3) is 0.409. The molecule has 1 aromatic heterocycles. The molecule has 2 atom stereocenters. The van der Waals surface area contributed by atoms with Crippen LogP contribution in [0.1, 0.15) is 41.3 Å². The fourth-order valence-electron chi connectivity index (χ4n) is 5.02. The number of aryl methyl sites for hydroxylation is 2. The Morgan fingerprint density at radius 1 is 1.34 bits per heavy atom. The summed E-state index contributed by atoms with van der Waals surface area (Å²) in [5.41, 5.74) is 6.07. The van der Waals surface area contributed by atoms with Crippen LogP contribution < -0.4 is 0 Å². The number of aromatic nitrogens is 1. The Morgan fingerprint density at radius 2 is 2.10 bits per heavy atom. The SMILES string of the molecule is Cc1c(F)cc2nc3c(c4c2c1CCC4)CN1C(=O)C(COC(=O)O)C(C)C=C31. The van der Waals surface area contributed by atoms with E-state index in [2.05, 4.69) is 4.74 Å². The van der Waals surface area contributed by atoms with Crippen molar-refractivity contribution < 1.29 is 23.8 Å². The summed E-state index contributed by atoms with van der Waals surface area (Å²) in [4.78, 5) is 30.3. The topological polar surface area (TPSA) is 79.7 Å². The van der Waals surface area contributed by atoms with Gasteiger partial charge in [-0.2, -0.15) is 0 Å². The smallest absolute Gasteiger partial charge is 0.450 e. The third-order valence-electron chi connectivity index (χ3n) is 6.54. The Bertz CT molecular complexity index is 1120. The van der Waals surface area contributed by atoms with E-state index in [0.29, 0.717) is 17.6 Å². The highest BCUT2D eigenvalue weighted by Gasteiger charge is 2.42. The Balaban J connectivity index is 1.65. The normalized spacial score (nSPS) is 22.4. The predicted molar refractivity (Wildman–Crippen MR) is 104 cm³/mol. The van der Waals surface area contributed by atoms with E-state index in [9.17, 15) is 14.0 Å². The molecule has 3 aliphatic rings. The van der Waals surface area contributed by atoms with E-state index >= 15 is 0 Å². The second kappa shape index (κ2) is 6.27. The van der Waals surface area contributed by atoms with Crippen LogP contribution in [0.15, 0.2) is 12.1 Å². The maximum absolute atomic E-state index is 14.5. The molecule has 1 aromatic carbocycles. The van der Waals surface area contributed by atoms with Crippen molar-refractivity contribution in [2.75, 3.05) is 6.61 Å². The molecule has 3 heterocycles. The molecule has 2 aromatic rings. The van der Waals surface area contributed by atoms with Crippen molar-refractivity contribution in [3.05, 3.63) is 45.9 Å². The molecular weight excluding hydrogens is 375 g/mol. The molecule has 150 valence electrons. The van der Waals surface area contributed by atoms with E-state index in [0.717, 1.165) is 47.2 Å². The molecule has 1 N–H and O–H groups in total. The summed E-state index contributed by atoms with van der Waals surface area (Å²) in [7, 11) is 0. The largest absolute Gasteiger partial charge is 0.505 e. The summed E-state index contributed by atoms with van der Waals surface area (Å²) in [6.45, 7) is 3.95. The van der Waals surface area contributed by atoms with Gasteiger partial charge in [-0.3, -0.25) is 4.79 Å². The zero-order valence-electron chi connectivity index (χ0n) is 16.3. The Kier molecular flexibility index (Phi) is 3.91. The Hall–Kier alpha value is -2.96. The number of nitrogens with zero attached hydrogens (tertiary/aromatic N) is 2. The molecule has 6 nitrogen and oxygen atoms in total. The lowest BCUT2D eigenvalue weighted by Gasteiger charge is -2.31. The van der Waals surface area contributed by atoms with Gasteiger partial charge in [0.2, 0.25) is 5.91 Å². The number of hydrogen-bond donors (Lipinski definition) is 1. The van der Waals surface area contributed by atoms with Crippen molar-refractivity contribution in [1.82, 2.24) is 9.88 Å². The van der Waals surface area contributed by atoms with Crippen LogP contribution in [-0.4, -0.2) is 33.7 Å². The van der Waals surface area contributed by atoms with Crippen molar-refractivity contribution in [3.8, 4) is 0 Å². The van der Waals surface area contributed by atoms with E-state index in [-0.39, 0.29) is 24.2 Å². The van der Waals surface area contributed by atoms with Crippen LogP contribution in [0.5, 0.6) is 0 Å². The maximum atomic E-state index is 14.5. The molecule has 1 aliphatic carbocycles. The van der Waals surface area contributed by atoms with Gasteiger partial charge < -0.3 is 14.7 Å². The van der Waals surface area contributed by atoms with Crippen LogP contribution in [0, 0.1) is 24.6 Å². The molecular formula is C22H21FN2O4. The molecule has 0 radical (unpaired) electrons. The third-order valence-corrected chi connectivity index (χ3v) is 6.54. The molecule has 2 aliphatic heterocycles. The van der Waals surface area contributed by atoms with E-state index in [1.807, 2.05) is 19.9 Å². The summed E-state index contributed by atoms with van der Waals surface area (Å²) in [6.07, 6.45) is 3.25. The van der Waals surface area contributed by atoms with Gasteiger partial charge in [-0.15, -0.1) is 0 Å². The highest BCUT2D eigenvalue weighted by molar-refractivity contribution is 5.97. The highest BCUT2D eigenvalue weighted by Crippen LogP contribution is 2.44. The first-order valence-corrected chi connectivity index (χ1v) is 9.89. The fourth-order valence-corrected chi connectivity index (χ4v) is 5.02. The number of rotatable bonds is 2. The zero-order valence-corrected chi connectivity index (χ0v) is 16.3. The number of carbonyl (C=O) groups excluding carboxylic acids is 1. The van der Waals surface area contributed by atoms with Crippen molar-refractivity contribution in [1.29, 1.82) is 0 Å². The summed E-state index contributed by atoms with van der Waals surface area (Å²) < 4.78 is 19.2. The van der Waals surface area contributed by atoms with Crippen LogP contribution in [0.25, 0.3) is 16.6 Å². The van der Waals surface area contributed by atoms with E-state index < -0.39 is 12.1 Å². The first-order valence-electron chi connectivity index (χ1n) is 9.89. The Morgan fingerprint density at radius 3 is 2.86 bits per heavy atom. The number of fused-ring (bicyclic) bond motifs is 4. The summed E-state index contributed by atoms with van der Waals surface area (Å²) in [6, 6.07) is 1.50. The lowest BCUT2D eigenvalue weighted by atomic mass is 9.85. The number of benzene rings is 1. The Labute approximate surface area is 167 Å². The number of allylic oxidation sites excluding steroid dienone is 1. The van der Waals surface area contributed by atoms with E-state index in [1.54, 1.807) is 4.90 Å². The van der Waals surface area contributed by atoms with Gasteiger partial charge in [0.05, 0.1) is 29.4 Å². The van der Waals surface area contributed by atoms with Gasteiger partial charge in [0, 0.05) is 17.0 Å². The molecule has 29 heavy (non-hydrogen) atoms.